The summed E-state index contributed by atoms with van der Waals surface area (Å²) in [7, 11) is 0. The summed E-state index contributed by atoms with van der Waals surface area (Å²) < 4.78 is 2.44. The molecule has 5 heteroatoms. The minimum atomic E-state index is -0.320. The number of benzene rings is 5. The van der Waals surface area contributed by atoms with E-state index in [2.05, 4.69) is 156 Å². The molecule has 222 valence electrons. The zero-order valence-electron chi connectivity index (χ0n) is 25.6. The summed E-state index contributed by atoms with van der Waals surface area (Å²) in [6, 6.07) is 41.3. The monoisotopic (exact) mass is 587 g/mol. The summed E-state index contributed by atoms with van der Waals surface area (Å²) in [5.74, 6) is 0. The van der Waals surface area contributed by atoms with Gasteiger partial charge in [0.15, 0.2) is 0 Å². The van der Waals surface area contributed by atoms with Crippen LogP contribution >= 0.6 is 0 Å². The van der Waals surface area contributed by atoms with Crippen LogP contribution in [0.25, 0.3) is 49.8 Å². The molecule has 0 spiro atoms. The third-order valence-corrected chi connectivity index (χ3v) is 9.55. The maximum absolute atomic E-state index is 6.45. The molecule has 0 amide bonds. The fourth-order valence-electron chi connectivity index (χ4n) is 7.12. The highest BCUT2D eigenvalue weighted by Crippen LogP contribution is 2.50. The predicted octanol–water partition coefficient (Wildman–Crippen LogP) is 7.85. The van der Waals surface area contributed by atoms with Crippen molar-refractivity contribution in [2.24, 2.45) is 5.73 Å². The smallest absolute Gasteiger partial charge is 0.0938 e. The van der Waals surface area contributed by atoms with E-state index in [9.17, 15) is 0 Å². The van der Waals surface area contributed by atoms with E-state index in [0.717, 1.165) is 17.8 Å². The second kappa shape index (κ2) is 10.9. The molecule has 0 fully saturated rings. The van der Waals surface area contributed by atoms with Crippen molar-refractivity contribution >= 4 is 27.5 Å². The van der Waals surface area contributed by atoms with E-state index in [4.69, 9.17) is 5.73 Å². The predicted molar refractivity (Wildman–Crippen MR) is 187 cm³/mol. The van der Waals surface area contributed by atoms with Crippen molar-refractivity contribution in [2.75, 3.05) is 13.1 Å². The van der Waals surface area contributed by atoms with Gasteiger partial charge in [-0.05, 0) is 69.3 Å². The highest BCUT2D eigenvalue weighted by atomic mass is 15.4. The number of hydrogen-bond acceptors (Lipinski definition) is 4. The van der Waals surface area contributed by atoms with Crippen LogP contribution in [0.5, 0.6) is 0 Å². The molecule has 5 N–H and O–H groups in total. The molecule has 0 bridgehead atoms. The number of fused-ring (bicyclic) bond motifs is 6. The number of hydrazine groups is 1. The van der Waals surface area contributed by atoms with Gasteiger partial charge in [0.2, 0.25) is 0 Å². The molecule has 6 aromatic rings. The summed E-state index contributed by atoms with van der Waals surface area (Å²) in [6.45, 7) is 6.06. The largest absolute Gasteiger partial charge is 0.382 e. The normalized spacial score (nSPS) is 15.7. The molecule has 5 nitrogen and oxygen atoms in total. The van der Waals surface area contributed by atoms with Gasteiger partial charge in [0.25, 0.3) is 0 Å². The Bertz CT molecular complexity index is 2120. The van der Waals surface area contributed by atoms with Gasteiger partial charge < -0.3 is 15.6 Å². The van der Waals surface area contributed by atoms with Gasteiger partial charge in [-0.1, -0.05) is 111 Å². The number of aromatic nitrogens is 1. The first-order valence-electron chi connectivity index (χ1n) is 15.7. The fourth-order valence-corrected chi connectivity index (χ4v) is 7.12. The molecular weight excluding hydrogens is 550 g/mol. The lowest BCUT2D eigenvalue weighted by Crippen LogP contribution is -2.42. The number of rotatable bonds is 7. The number of nitrogens with zero attached hydrogens (tertiary/aromatic N) is 1. The van der Waals surface area contributed by atoms with E-state index >= 15 is 0 Å². The van der Waals surface area contributed by atoms with Gasteiger partial charge in [0.1, 0.15) is 0 Å². The molecule has 1 unspecified atom stereocenters. The van der Waals surface area contributed by atoms with Crippen LogP contribution in [-0.2, 0) is 5.41 Å². The summed E-state index contributed by atoms with van der Waals surface area (Å²) in [5.41, 5.74) is 26.7. The van der Waals surface area contributed by atoms with Gasteiger partial charge in [-0.15, -0.1) is 0 Å². The van der Waals surface area contributed by atoms with Crippen LogP contribution in [0.3, 0.4) is 0 Å². The molecule has 2 aliphatic rings. The first-order valence-corrected chi connectivity index (χ1v) is 15.7. The molecule has 0 saturated heterocycles. The average molecular weight is 588 g/mol. The average Bonchev–Trinajstić information content (AvgIpc) is 3.53. The molecule has 1 aromatic heterocycles. The molecule has 0 saturated carbocycles. The third-order valence-electron chi connectivity index (χ3n) is 9.55. The van der Waals surface area contributed by atoms with E-state index in [1.165, 1.54) is 60.9 Å². The highest BCUT2D eigenvalue weighted by Gasteiger charge is 2.36. The van der Waals surface area contributed by atoms with Crippen molar-refractivity contribution in [3.8, 4) is 22.3 Å². The lowest BCUT2D eigenvalue weighted by atomic mass is 9.82. The quantitative estimate of drug-likeness (QED) is 0.113. The van der Waals surface area contributed by atoms with Crippen LogP contribution in [0.1, 0.15) is 36.7 Å². The molecule has 2 heterocycles. The fraction of sp³-hybridized carbons (Fsp3) is 0.150. The number of hydrogen-bond donors (Lipinski definition) is 4. The van der Waals surface area contributed by atoms with Gasteiger partial charge in [0.05, 0.1) is 23.7 Å². The van der Waals surface area contributed by atoms with Crippen LogP contribution in [0, 0.1) is 0 Å². The second-order valence-electron chi connectivity index (χ2n) is 12.6. The van der Waals surface area contributed by atoms with Crippen LogP contribution in [0.2, 0.25) is 0 Å². The lowest BCUT2D eigenvalue weighted by Gasteiger charge is -2.23. The maximum Gasteiger partial charge on any atom is 0.0938 e. The van der Waals surface area contributed by atoms with Crippen molar-refractivity contribution in [3.05, 3.63) is 150 Å². The number of para-hydroxylation sites is 1. The van der Waals surface area contributed by atoms with Crippen molar-refractivity contribution in [3.63, 3.8) is 0 Å². The Morgan fingerprint density at radius 1 is 0.733 bits per heavy atom. The minimum absolute atomic E-state index is 0.0445. The van der Waals surface area contributed by atoms with Crippen molar-refractivity contribution in [2.45, 2.75) is 25.4 Å². The second-order valence-corrected chi connectivity index (χ2v) is 12.6. The Morgan fingerprint density at radius 2 is 1.47 bits per heavy atom. The SMILES string of the molecule is CC1(C)c2ccccc2-c2cc3c4ccccc4n(C4=CC=C(CNNC(N)c5ccc(-c6ccccc6)cc5)NC4)c3cc21. The van der Waals surface area contributed by atoms with Gasteiger partial charge >= 0.3 is 0 Å². The molecular formula is C40H37N5. The number of allylic oxidation sites excluding steroid dienone is 2. The Hall–Kier alpha value is -4.94. The molecule has 1 aliphatic heterocycles. The molecule has 8 rings (SSSR count). The maximum atomic E-state index is 6.45. The van der Waals surface area contributed by atoms with E-state index < -0.39 is 0 Å². The zero-order chi connectivity index (χ0) is 30.5. The van der Waals surface area contributed by atoms with E-state index in [-0.39, 0.29) is 11.6 Å². The topological polar surface area (TPSA) is 67.0 Å². The van der Waals surface area contributed by atoms with Gasteiger partial charge in [-0.25, -0.2) is 5.43 Å². The van der Waals surface area contributed by atoms with Crippen LogP contribution in [0.4, 0.5) is 0 Å². The number of nitrogens with two attached hydrogens (primary N) is 1. The zero-order valence-corrected chi connectivity index (χ0v) is 25.6. The van der Waals surface area contributed by atoms with Crippen molar-refractivity contribution in [1.29, 1.82) is 0 Å². The highest BCUT2D eigenvalue weighted by molar-refractivity contribution is 6.12. The molecule has 1 aliphatic carbocycles. The third kappa shape index (κ3) is 4.68. The Balaban J connectivity index is 1.03. The first-order chi connectivity index (χ1) is 22.0. The van der Waals surface area contributed by atoms with Crippen LogP contribution in [0.15, 0.2) is 133 Å². The lowest BCUT2D eigenvalue weighted by molar-refractivity contribution is 0.460. The Labute approximate surface area is 264 Å². The standard InChI is InChI=1S/C40H37N5/c1-40(2)35-14-8-6-12-31(35)33-22-34-32-13-7-9-15-37(32)45(38(34)23-36(33)40)30-21-20-29(42-25-30)24-43-44-39(41)28-18-16-27(17-19-28)26-10-4-3-5-11-26/h3-23,39,42-44H,24-25,41H2,1-2H3. The summed E-state index contributed by atoms with van der Waals surface area (Å²) in [5, 5.41) is 6.22. The molecule has 1 atom stereocenters. The minimum Gasteiger partial charge on any atom is -0.382 e. The molecule has 45 heavy (non-hydrogen) atoms. The number of nitrogens with one attached hydrogen (secondary N) is 3. The summed E-state index contributed by atoms with van der Waals surface area (Å²) >= 11 is 0. The Kier molecular flexibility index (Phi) is 6.68. The molecule has 0 radical (unpaired) electrons. The van der Waals surface area contributed by atoms with E-state index in [1.807, 2.05) is 6.07 Å². The van der Waals surface area contributed by atoms with Crippen LogP contribution in [-0.4, -0.2) is 17.7 Å². The van der Waals surface area contributed by atoms with Gasteiger partial charge in [-0.3, -0.25) is 5.43 Å². The van der Waals surface area contributed by atoms with Crippen molar-refractivity contribution < 1.29 is 0 Å². The van der Waals surface area contributed by atoms with Gasteiger partial charge in [-0.2, -0.15) is 0 Å². The Morgan fingerprint density at radius 3 is 2.27 bits per heavy atom. The van der Waals surface area contributed by atoms with E-state index in [1.54, 1.807) is 0 Å². The summed E-state index contributed by atoms with van der Waals surface area (Å²) in [6.07, 6.45) is 4.09. The number of dihydropyridines is 1. The summed E-state index contributed by atoms with van der Waals surface area (Å²) in [4.78, 5) is 0. The first kappa shape index (κ1) is 27.6. The van der Waals surface area contributed by atoms with E-state index in [0.29, 0.717) is 6.54 Å². The van der Waals surface area contributed by atoms with Crippen molar-refractivity contribution in [1.82, 2.24) is 20.7 Å². The van der Waals surface area contributed by atoms with Crippen LogP contribution < -0.4 is 21.9 Å². The molecule has 5 aromatic carbocycles. The van der Waals surface area contributed by atoms with Gasteiger partial charge in [0, 0.05) is 34.1 Å².